The van der Waals surface area contributed by atoms with Gasteiger partial charge >= 0.3 is 5.97 Å². The number of hydrogen-bond donors (Lipinski definition) is 1. The van der Waals surface area contributed by atoms with E-state index in [-0.39, 0.29) is 5.97 Å². The van der Waals surface area contributed by atoms with Gasteiger partial charge in [0.25, 0.3) is 0 Å². The molecule has 0 spiro atoms. The molecular formula is C12H13N3O2. The number of rotatable bonds is 2. The molecule has 0 saturated carbocycles. The Bertz CT molecular complexity index is 572. The molecule has 0 aromatic carbocycles. The van der Waals surface area contributed by atoms with Gasteiger partial charge in [0.2, 0.25) is 0 Å². The minimum Gasteiger partial charge on any atom is -0.465 e. The van der Waals surface area contributed by atoms with Gasteiger partial charge in [-0.15, -0.1) is 0 Å². The largest absolute Gasteiger partial charge is 0.465 e. The summed E-state index contributed by atoms with van der Waals surface area (Å²) in [4.78, 5) is 15.7. The van der Waals surface area contributed by atoms with Crippen LogP contribution in [0.3, 0.4) is 0 Å². The molecule has 0 unspecified atom stereocenters. The number of fused-ring (bicyclic) bond motifs is 1. The van der Waals surface area contributed by atoms with Crippen LogP contribution >= 0.6 is 0 Å². The number of carbonyl (C=O) groups is 1. The van der Waals surface area contributed by atoms with Crippen LogP contribution < -0.4 is 5.32 Å². The van der Waals surface area contributed by atoms with Gasteiger partial charge in [-0.25, -0.2) is 9.78 Å². The van der Waals surface area contributed by atoms with Crippen molar-refractivity contribution >= 4 is 17.0 Å². The monoisotopic (exact) mass is 231 g/mol. The van der Waals surface area contributed by atoms with Crippen molar-refractivity contribution in [3.8, 4) is 0 Å². The van der Waals surface area contributed by atoms with Crippen molar-refractivity contribution in [1.29, 1.82) is 0 Å². The molecule has 0 bridgehead atoms. The van der Waals surface area contributed by atoms with E-state index in [1.54, 1.807) is 6.20 Å². The number of pyridine rings is 1. The van der Waals surface area contributed by atoms with E-state index in [0.29, 0.717) is 11.6 Å². The van der Waals surface area contributed by atoms with Crippen molar-refractivity contribution in [3.05, 3.63) is 30.1 Å². The lowest BCUT2D eigenvalue weighted by Gasteiger charge is -2.28. The number of carbonyl (C=O) groups excluding carboxylic acids is 1. The molecule has 17 heavy (non-hydrogen) atoms. The first-order valence-corrected chi connectivity index (χ1v) is 5.55. The molecule has 0 radical (unpaired) electrons. The molecule has 3 heterocycles. The Morgan fingerprint density at radius 2 is 2.41 bits per heavy atom. The van der Waals surface area contributed by atoms with E-state index in [1.165, 1.54) is 7.11 Å². The van der Waals surface area contributed by atoms with Gasteiger partial charge in [-0.3, -0.25) is 0 Å². The van der Waals surface area contributed by atoms with E-state index in [2.05, 4.69) is 19.6 Å². The van der Waals surface area contributed by atoms with Crippen LogP contribution in [-0.4, -0.2) is 35.7 Å². The van der Waals surface area contributed by atoms with Crippen molar-refractivity contribution in [2.45, 2.75) is 6.04 Å². The third-order valence-electron chi connectivity index (χ3n) is 3.13. The zero-order chi connectivity index (χ0) is 11.8. The predicted octanol–water partition coefficient (Wildman–Crippen LogP) is 0.967. The molecular weight excluding hydrogens is 218 g/mol. The summed E-state index contributed by atoms with van der Waals surface area (Å²) in [5, 5.41) is 4.20. The minimum absolute atomic E-state index is 0.350. The quantitative estimate of drug-likeness (QED) is 0.782. The summed E-state index contributed by atoms with van der Waals surface area (Å²) in [6.45, 7) is 1.95. The molecule has 0 amide bonds. The lowest BCUT2D eigenvalue weighted by molar-refractivity contribution is 0.0600. The third kappa shape index (κ3) is 1.59. The standard InChI is InChI=1S/C12H13N3O2/c1-17-12(16)9-4-8-2-3-15(10-6-13-7-10)11(8)14-5-9/h2-5,10,13H,6-7H2,1H3. The molecule has 0 atom stereocenters. The second-order valence-electron chi connectivity index (χ2n) is 4.16. The van der Waals surface area contributed by atoms with Gasteiger partial charge in [0.15, 0.2) is 0 Å². The van der Waals surface area contributed by atoms with Crippen molar-refractivity contribution in [2.75, 3.05) is 20.2 Å². The highest BCUT2D eigenvalue weighted by molar-refractivity contribution is 5.93. The van der Waals surface area contributed by atoms with Gasteiger partial charge in [0, 0.05) is 30.9 Å². The summed E-state index contributed by atoms with van der Waals surface area (Å²) in [6, 6.07) is 4.27. The maximum atomic E-state index is 11.4. The van der Waals surface area contributed by atoms with E-state index < -0.39 is 0 Å². The summed E-state index contributed by atoms with van der Waals surface area (Å²) in [6.07, 6.45) is 3.58. The van der Waals surface area contributed by atoms with E-state index in [4.69, 9.17) is 0 Å². The van der Waals surface area contributed by atoms with Crippen LogP contribution in [0.1, 0.15) is 16.4 Å². The highest BCUT2D eigenvalue weighted by atomic mass is 16.5. The van der Waals surface area contributed by atoms with Crippen LogP contribution in [0.5, 0.6) is 0 Å². The SMILES string of the molecule is COC(=O)c1cnc2c(ccn2C2CNC2)c1. The van der Waals surface area contributed by atoms with E-state index in [0.717, 1.165) is 24.1 Å². The molecule has 0 aliphatic carbocycles. The Kier molecular flexibility index (Phi) is 2.33. The Morgan fingerprint density at radius 3 is 3.06 bits per heavy atom. The average Bonchev–Trinajstić information content (AvgIpc) is 2.69. The predicted molar refractivity (Wildman–Crippen MR) is 63.0 cm³/mol. The Hall–Kier alpha value is -1.88. The van der Waals surface area contributed by atoms with Crippen LogP contribution in [0.15, 0.2) is 24.5 Å². The average molecular weight is 231 g/mol. The lowest BCUT2D eigenvalue weighted by Crippen LogP contribution is -2.43. The minimum atomic E-state index is -0.350. The van der Waals surface area contributed by atoms with Crippen LogP contribution in [0, 0.1) is 0 Å². The first-order valence-electron chi connectivity index (χ1n) is 5.55. The molecule has 1 N–H and O–H groups in total. The van der Waals surface area contributed by atoms with Gasteiger partial charge in [-0.1, -0.05) is 0 Å². The third-order valence-corrected chi connectivity index (χ3v) is 3.13. The van der Waals surface area contributed by atoms with Crippen molar-refractivity contribution in [2.24, 2.45) is 0 Å². The fourth-order valence-electron chi connectivity index (χ4n) is 2.04. The van der Waals surface area contributed by atoms with Gasteiger partial charge in [-0.05, 0) is 12.1 Å². The second-order valence-corrected chi connectivity index (χ2v) is 4.16. The Labute approximate surface area is 98.4 Å². The van der Waals surface area contributed by atoms with E-state index in [9.17, 15) is 4.79 Å². The summed E-state index contributed by atoms with van der Waals surface area (Å²) < 4.78 is 6.82. The molecule has 1 saturated heterocycles. The highest BCUT2D eigenvalue weighted by Gasteiger charge is 2.20. The molecule has 1 fully saturated rings. The molecule has 2 aromatic heterocycles. The first-order chi connectivity index (χ1) is 8.29. The summed E-state index contributed by atoms with van der Waals surface area (Å²) in [7, 11) is 1.37. The number of aromatic nitrogens is 2. The van der Waals surface area contributed by atoms with Crippen molar-refractivity contribution in [1.82, 2.24) is 14.9 Å². The molecule has 88 valence electrons. The molecule has 5 nitrogen and oxygen atoms in total. The summed E-state index contributed by atoms with van der Waals surface area (Å²) in [5.74, 6) is -0.350. The Balaban J connectivity index is 2.04. The van der Waals surface area contributed by atoms with E-state index >= 15 is 0 Å². The molecule has 2 aromatic rings. The number of nitrogens with zero attached hydrogens (tertiary/aromatic N) is 2. The van der Waals surface area contributed by atoms with Crippen LogP contribution in [-0.2, 0) is 4.74 Å². The normalized spacial score (nSPS) is 15.8. The number of ether oxygens (including phenoxy) is 1. The van der Waals surface area contributed by atoms with E-state index in [1.807, 2.05) is 18.3 Å². The number of hydrogen-bond acceptors (Lipinski definition) is 4. The number of nitrogens with one attached hydrogen (secondary N) is 1. The van der Waals surface area contributed by atoms with Gasteiger partial charge < -0.3 is 14.6 Å². The zero-order valence-electron chi connectivity index (χ0n) is 9.51. The summed E-state index contributed by atoms with van der Waals surface area (Å²) >= 11 is 0. The fraction of sp³-hybridized carbons (Fsp3) is 0.333. The molecule has 3 rings (SSSR count). The maximum Gasteiger partial charge on any atom is 0.339 e. The zero-order valence-corrected chi connectivity index (χ0v) is 9.51. The molecule has 1 aliphatic heterocycles. The summed E-state index contributed by atoms with van der Waals surface area (Å²) in [5.41, 5.74) is 1.41. The van der Waals surface area contributed by atoms with Gasteiger partial charge in [-0.2, -0.15) is 0 Å². The Morgan fingerprint density at radius 1 is 1.59 bits per heavy atom. The van der Waals surface area contributed by atoms with Gasteiger partial charge in [0.1, 0.15) is 5.65 Å². The lowest BCUT2D eigenvalue weighted by atomic mass is 10.2. The number of methoxy groups -OCH3 is 1. The highest BCUT2D eigenvalue weighted by Crippen LogP contribution is 2.21. The van der Waals surface area contributed by atoms with Crippen LogP contribution in [0.4, 0.5) is 0 Å². The maximum absolute atomic E-state index is 11.4. The molecule has 5 heteroatoms. The smallest absolute Gasteiger partial charge is 0.339 e. The van der Waals surface area contributed by atoms with Crippen LogP contribution in [0.2, 0.25) is 0 Å². The van der Waals surface area contributed by atoms with Crippen molar-refractivity contribution in [3.63, 3.8) is 0 Å². The second kappa shape index (κ2) is 3.85. The van der Waals surface area contributed by atoms with Crippen molar-refractivity contribution < 1.29 is 9.53 Å². The van der Waals surface area contributed by atoms with Crippen LogP contribution in [0.25, 0.3) is 11.0 Å². The topological polar surface area (TPSA) is 56.1 Å². The number of esters is 1. The fourth-order valence-corrected chi connectivity index (χ4v) is 2.04. The first kappa shape index (κ1) is 10.3. The molecule has 1 aliphatic rings. The van der Waals surface area contributed by atoms with Gasteiger partial charge in [0.05, 0.1) is 18.7 Å².